The number of carbonyl (C=O) groups is 1. The van der Waals surface area contributed by atoms with Crippen molar-refractivity contribution in [2.24, 2.45) is 5.10 Å². The molecule has 0 saturated heterocycles. The van der Waals surface area contributed by atoms with Crippen molar-refractivity contribution in [3.8, 4) is 5.75 Å². The molecule has 1 amide bonds. The van der Waals surface area contributed by atoms with E-state index in [0.29, 0.717) is 11.3 Å². The Hall–Kier alpha value is -2.93. The Morgan fingerprint density at radius 1 is 1.32 bits per heavy atom. The Balaban J connectivity index is 1.93. The Labute approximate surface area is 149 Å². The summed E-state index contributed by atoms with van der Waals surface area (Å²) in [5, 5.41) is 14.6. The third-order valence-corrected chi connectivity index (χ3v) is 3.65. The van der Waals surface area contributed by atoms with Gasteiger partial charge in [-0.2, -0.15) is 5.10 Å². The SMILES string of the molecule is Cc1cccc(C)c1OCC(=O)N/N=C\c1ccc(Cl)c([N+](=O)[O-])c1. The fraction of sp³-hybridized carbons (Fsp3) is 0.176. The molecule has 0 spiro atoms. The molecular formula is C17H16ClN3O4. The number of hydrogen-bond donors (Lipinski definition) is 1. The maximum atomic E-state index is 11.8. The number of nitro groups is 1. The summed E-state index contributed by atoms with van der Waals surface area (Å²) in [4.78, 5) is 22.0. The highest BCUT2D eigenvalue weighted by atomic mass is 35.5. The number of carbonyl (C=O) groups excluding carboxylic acids is 1. The number of para-hydroxylation sites is 1. The van der Waals surface area contributed by atoms with E-state index in [9.17, 15) is 14.9 Å². The number of nitro benzene ring substituents is 1. The summed E-state index contributed by atoms with van der Waals surface area (Å²) in [5.74, 6) is 0.220. The quantitative estimate of drug-likeness (QED) is 0.484. The van der Waals surface area contributed by atoms with Crippen molar-refractivity contribution in [2.75, 3.05) is 6.61 Å². The number of benzene rings is 2. The van der Waals surface area contributed by atoms with Gasteiger partial charge in [0.2, 0.25) is 0 Å². The van der Waals surface area contributed by atoms with E-state index in [1.807, 2.05) is 32.0 Å². The summed E-state index contributed by atoms with van der Waals surface area (Å²) in [6.07, 6.45) is 1.29. The molecule has 2 aromatic rings. The number of aryl methyl sites for hydroxylation is 2. The normalized spacial score (nSPS) is 10.7. The summed E-state index contributed by atoms with van der Waals surface area (Å²) in [7, 11) is 0. The number of halogens is 1. The van der Waals surface area contributed by atoms with Crippen molar-refractivity contribution < 1.29 is 14.5 Å². The molecule has 2 aromatic carbocycles. The topological polar surface area (TPSA) is 93.8 Å². The minimum atomic E-state index is -0.587. The number of rotatable bonds is 6. The van der Waals surface area contributed by atoms with Gasteiger partial charge in [0, 0.05) is 11.6 Å². The summed E-state index contributed by atoms with van der Waals surface area (Å²) in [6, 6.07) is 9.92. The largest absolute Gasteiger partial charge is 0.483 e. The van der Waals surface area contributed by atoms with Crippen LogP contribution in [0.5, 0.6) is 5.75 Å². The van der Waals surface area contributed by atoms with Gasteiger partial charge in [0.15, 0.2) is 6.61 Å². The average molecular weight is 362 g/mol. The third kappa shape index (κ3) is 5.02. The Morgan fingerprint density at radius 3 is 2.64 bits per heavy atom. The molecule has 0 aliphatic heterocycles. The highest BCUT2D eigenvalue weighted by molar-refractivity contribution is 6.32. The molecule has 0 unspecified atom stereocenters. The lowest BCUT2D eigenvalue weighted by Gasteiger charge is -2.10. The molecular weight excluding hydrogens is 346 g/mol. The first kappa shape index (κ1) is 18.4. The first-order chi connectivity index (χ1) is 11.9. The Morgan fingerprint density at radius 2 is 2.00 bits per heavy atom. The molecule has 0 aromatic heterocycles. The van der Waals surface area contributed by atoms with Gasteiger partial charge in [0.05, 0.1) is 11.1 Å². The molecule has 8 heteroatoms. The first-order valence-corrected chi connectivity index (χ1v) is 7.71. The molecule has 1 N–H and O–H groups in total. The summed E-state index contributed by atoms with van der Waals surface area (Å²) < 4.78 is 5.51. The number of hydrogen-bond acceptors (Lipinski definition) is 5. The van der Waals surface area contributed by atoms with Gasteiger partial charge < -0.3 is 4.74 Å². The van der Waals surface area contributed by atoms with Crippen LogP contribution < -0.4 is 10.2 Å². The molecule has 0 radical (unpaired) electrons. The van der Waals surface area contributed by atoms with Crippen LogP contribution in [-0.2, 0) is 4.79 Å². The van der Waals surface area contributed by atoms with Crippen LogP contribution in [0.1, 0.15) is 16.7 Å². The van der Waals surface area contributed by atoms with Crippen LogP contribution in [0.25, 0.3) is 0 Å². The minimum Gasteiger partial charge on any atom is -0.483 e. The highest BCUT2D eigenvalue weighted by Gasteiger charge is 2.12. The highest BCUT2D eigenvalue weighted by Crippen LogP contribution is 2.24. The standard InChI is InChI=1S/C17H16ClN3O4/c1-11-4-3-5-12(2)17(11)25-10-16(22)20-19-9-13-6-7-14(18)15(8-13)21(23)24/h3-9H,10H2,1-2H3,(H,20,22)/b19-9-. The van der Waals surface area contributed by atoms with E-state index in [-0.39, 0.29) is 17.3 Å². The van der Waals surface area contributed by atoms with Crippen molar-refractivity contribution in [1.29, 1.82) is 0 Å². The number of amides is 1. The van der Waals surface area contributed by atoms with E-state index in [0.717, 1.165) is 11.1 Å². The fourth-order valence-electron chi connectivity index (χ4n) is 2.13. The monoisotopic (exact) mass is 361 g/mol. The van der Waals surface area contributed by atoms with Crippen LogP contribution >= 0.6 is 11.6 Å². The maximum absolute atomic E-state index is 11.8. The van der Waals surface area contributed by atoms with E-state index < -0.39 is 10.8 Å². The smallest absolute Gasteiger partial charge is 0.288 e. The summed E-state index contributed by atoms with van der Waals surface area (Å²) in [6.45, 7) is 3.60. The fourth-order valence-corrected chi connectivity index (χ4v) is 2.31. The molecule has 25 heavy (non-hydrogen) atoms. The van der Waals surface area contributed by atoms with Crippen molar-refractivity contribution in [3.63, 3.8) is 0 Å². The van der Waals surface area contributed by atoms with Crippen LogP contribution in [-0.4, -0.2) is 23.7 Å². The van der Waals surface area contributed by atoms with E-state index >= 15 is 0 Å². The zero-order chi connectivity index (χ0) is 18.4. The van der Waals surface area contributed by atoms with Gasteiger partial charge in [-0.05, 0) is 31.0 Å². The number of ether oxygens (including phenoxy) is 1. The van der Waals surface area contributed by atoms with Crippen LogP contribution in [0.4, 0.5) is 5.69 Å². The van der Waals surface area contributed by atoms with Crippen LogP contribution in [0, 0.1) is 24.0 Å². The van der Waals surface area contributed by atoms with Crippen molar-refractivity contribution in [1.82, 2.24) is 5.43 Å². The Bertz CT molecular complexity index is 816. The number of nitrogens with one attached hydrogen (secondary N) is 1. The van der Waals surface area contributed by atoms with Gasteiger partial charge in [0.1, 0.15) is 10.8 Å². The molecule has 0 atom stereocenters. The molecule has 130 valence electrons. The molecule has 7 nitrogen and oxygen atoms in total. The van der Waals surface area contributed by atoms with Crippen molar-refractivity contribution in [2.45, 2.75) is 13.8 Å². The molecule has 2 rings (SSSR count). The molecule has 0 aliphatic carbocycles. The van der Waals surface area contributed by atoms with Gasteiger partial charge >= 0.3 is 0 Å². The number of hydrazone groups is 1. The predicted octanol–water partition coefficient (Wildman–Crippen LogP) is 3.39. The van der Waals surface area contributed by atoms with Crippen molar-refractivity contribution >= 4 is 29.4 Å². The molecule has 0 heterocycles. The second kappa shape index (κ2) is 8.25. The summed E-state index contributed by atoms with van der Waals surface area (Å²) >= 11 is 5.73. The molecule has 0 aliphatic rings. The first-order valence-electron chi connectivity index (χ1n) is 7.33. The van der Waals surface area contributed by atoms with Gasteiger partial charge in [-0.25, -0.2) is 5.43 Å². The molecule has 0 bridgehead atoms. The molecule has 0 saturated carbocycles. The summed E-state index contributed by atoms with van der Waals surface area (Å²) in [5.41, 5.74) is 4.39. The lowest BCUT2D eigenvalue weighted by Crippen LogP contribution is -2.25. The van der Waals surface area contributed by atoms with Gasteiger partial charge in [0.25, 0.3) is 11.6 Å². The van der Waals surface area contributed by atoms with E-state index in [1.54, 1.807) is 6.07 Å². The van der Waals surface area contributed by atoms with E-state index in [2.05, 4.69) is 10.5 Å². The zero-order valence-electron chi connectivity index (χ0n) is 13.7. The van der Waals surface area contributed by atoms with Gasteiger partial charge in [-0.1, -0.05) is 35.9 Å². The van der Waals surface area contributed by atoms with Crippen LogP contribution in [0.3, 0.4) is 0 Å². The second-order valence-corrected chi connectivity index (χ2v) is 5.68. The lowest BCUT2D eigenvalue weighted by molar-refractivity contribution is -0.384. The zero-order valence-corrected chi connectivity index (χ0v) is 14.4. The number of nitrogens with zero attached hydrogens (tertiary/aromatic N) is 2. The van der Waals surface area contributed by atoms with Gasteiger partial charge in [-0.3, -0.25) is 14.9 Å². The van der Waals surface area contributed by atoms with Crippen molar-refractivity contribution in [3.05, 3.63) is 68.2 Å². The lowest BCUT2D eigenvalue weighted by atomic mass is 10.1. The molecule has 0 fully saturated rings. The Kier molecular flexibility index (Phi) is 6.08. The average Bonchev–Trinajstić information content (AvgIpc) is 2.55. The van der Waals surface area contributed by atoms with Crippen LogP contribution in [0.2, 0.25) is 5.02 Å². The second-order valence-electron chi connectivity index (χ2n) is 5.27. The van der Waals surface area contributed by atoms with Crippen LogP contribution in [0.15, 0.2) is 41.5 Å². The minimum absolute atomic E-state index is 0.0354. The van der Waals surface area contributed by atoms with E-state index in [4.69, 9.17) is 16.3 Å². The predicted molar refractivity (Wildman–Crippen MR) is 95.3 cm³/mol. The van der Waals surface area contributed by atoms with E-state index in [1.165, 1.54) is 18.3 Å². The maximum Gasteiger partial charge on any atom is 0.288 e. The van der Waals surface area contributed by atoms with Gasteiger partial charge in [-0.15, -0.1) is 0 Å². The third-order valence-electron chi connectivity index (χ3n) is 3.33.